The van der Waals surface area contributed by atoms with E-state index < -0.39 is 0 Å². The maximum absolute atomic E-state index is 12.9. The standard InChI is InChI=1S/C24H28N2O4/c1-17(26-13-11-19(12-14-26)24-29-15-16-30-24)23(28)25-21-10-6-5-9-20(21)22(27)18-7-3-2-4-8-18/h2-10,17,19,24H,11-16H2,1H3,(H,25,28). The third kappa shape index (κ3) is 4.61. The van der Waals surface area contributed by atoms with Gasteiger partial charge in [0.2, 0.25) is 5.91 Å². The number of piperidine rings is 1. The Labute approximate surface area is 177 Å². The van der Waals surface area contributed by atoms with Crippen LogP contribution in [-0.2, 0) is 14.3 Å². The first-order valence-corrected chi connectivity index (χ1v) is 10.6. The van der Waals surface area contributed by atoms with Gasteiger partial charge < -0.3 is 14.8 Å². The molecule has 1 amide bonds. The van der Waals surface area contributed by atoms with E-state index in [0.29, 0.717) is 35.9 Å². The summed E-state index contributed by atoms with van der Waals surface area (Å²) >= 11 is 0. The number of carbonyl (C=O) groups is 2. The van der Waals surface area contributed by atoms with Gasteiger partial charge in [0.05, 0.1) is 24.9 Å². The molecular formula is C24H28N2O4. The van der Waals surface area contributed by atoms with Gasteiger partial charge >= 0.3 is 0 Å². The van der Waals surface area contributed by atoms with Crippen LogP contribution in [0.3, 0.4) is 0 Å². The number of amides is 1. The van der Waals surface area contributed by atoms with Gasteiger partial charge in [-0.2, -0.15) is 0 Å². The molecule has 0 bridgehead atoms. The molecule has 1 N–H and O–H groups in total. The molecule has 2 fully saturated rings. The predicted molar refractivity (Wildman–Crippen MR) is 114 cm³/mol. The maximum Gasteiger partial charge on any atom is 0.241 e. The minimum atomic E-state index is -0.281. The second-order valence-electron chi connectivity index (χ2n) is 7.89. The van der Waals surface area contributed by atoms with Crippen molar-refractivity contribution >= 4 is 17.4 Å². The number of ether oxygens (including phenoxy) is 2. The van der Waals surface area contributed by atoms with E-state index in [1.165, 1.54) is 0 Å². The molecule has 4 rings (SSSR count). The van der Waals surface area contributed by atoms with Crippen molar-refractivity contribution in [2.45, 2.75) is 32.1 Å². The fourth-order valence-corrected chi connectivity index (χ4v) is 4.17. The number of hydrogen-bond acceptors (Lipinski definition) is 5. The SMILES string of the molecule is CC(C(=O)Nc1ccccc1C(=O)c1ccccc1)N1CCC(C2OCCO2)CC1. The van der Waals surface area contributed by atoms with Crippen LogP contribution >= 0.6 is 0 Å². The lowest BCUT2D eigenvalue weighted by atomic mass is 9.95. The van der Waals surface area contributed by atoms with E-state index in [9.17, 15) is 9.59 Å². The molecule has 2 aromatic rings. The van der Waals surface area contributed by atoms with Gasteiger partial charge in [0.15, 0.2) is 12.1 Å². The lowest BCUT2D eigenvalue weighted by Crippen LogP contribution is -2.47. The quantitative estimate of drug-likeness (QED) is 0.743. The molecule has 0 radical (unpaired) electrons. The van der Waals surface area contributed by atoms with Crippen LogP contribution in [-0.4, -0.2) is 55.2 Å². The Hall–Kier alpha value is -2.54. The molecule has 6 nitrogen and oxygen atoms in total. The Morgan fingerprint density at radius 2 is 1.60 bits per heavy atom. The Balaban J connectivity index is 1.39. The average molecular weight is 408 g/mol. The topological polar surface area (TPSA) is 67.9 Å². The molecule has 0 aromatic heterocycles. The lowest BCUT2D eigenvalue weighted by Gasteiger charge is -2.36. The number of para-hydroxylation sites is 1. The van der Waals surface area contributed by atoms with E-state index in [1.54, 1.807) is 24.3 Å². The number of carbonyl (C=O) groups excluding carboxylic acids is 2. The Bertz CT molecular complexity index is 872. The molecule has 0 saturated carbocycles. The van der Waals surface area contributed by atoms with Crippen LogP contribution in [0.1, 0.15) is 35.7 Å². The van der Waals surface area contributed by atoms with Gasteiger partial charge in [-0.15, -0.1) is 0 Å². The summed E-state index contributed by atoms with van der Waals surface area (Å²) in [4.78, 5) is 28.0. The predicted octanol–water partition coefficient (Wildman–Crippen LogP) is 3.33. The van der Waals surface area contributed by atoms with Crippen LogP contribution in [0.25, 0.3) is 0 Å². The molecule has 2 heterocycles. The zero-order chi connectivity index (χ0) is 20.9. The number of nitrogens with one attached hydrogen (secondary N) is 1. The van der Waals surface area contributed by atoms with Gasteiger partial charge in [-0.25, -0.2) is 0 Å². The maximum atomic E-state index is 12.9. The summed E-state index contributed by atoms with van der Waals surface area (Å²) in [5.41, 5.74) is 1.65. The first-order valence-electron chi connectivity index (χ1n) is 10.6. The normalized spacial score (nSPS) is 19.5. The zero-order valence-electron chi connectivity index (χ0n) is 17.3. The number of anilines is 1. The molecule has 0 spiro atoms. The number of hydrogen-bond donors (Lipinski definition) is 1. The molecule has 30 heavy (non-hydrogen) atoms. The van der Waals surface area contributed by atoms with Crippen molar-refractivity contribution in [3.8, 4) is 0 Å². The summed E-state index contributed by atoms with van der Waals surface area (Å²) in [6, 6.07) is 16.0. The number of rotatable bonds is 6. The molecule has 2 aromatic carbocycles. The van der Waals surface area contributed by atoms with Crippen molar-refractivity contribution in [3.63, 3.8) is 0 Å². The van der Waals surface area contributed by atoms with Gasteiger partial charge in [-0.3, -0.25) is 14.5 Å². The Morgan fingerprint density at radius 3 is 2.30 bits per heavy atom. The molecule has 158 valence electrons. The molecule has 1 atom stereocenters. The van der Waals surface area contributed by atoms with Gasteiger partial charge in [-0.05, 0) is 45.0 Å². The average Bonchev–Trinajstić information content (AvgIpc) is 3.34. The summed E-state index contributed by atoms with van der Waals surface area (Å²) in [6.07, 6.45) is 1.81. The minimum absolute atomic E-state index is 0.0906. The molecule has 6 heteroatoms. The number of ketones is 1. The van der Waals surface area contributed by atoms with Gasteiger partial charge in [0, 0.05) is 17.0 Å². The van der Waals surface area contributed by atoms with E-state index in [1.807, 2.05) is 37.3 Å². The monoisotopic (exact) mass is 408 g/mol. The Morgan fingerprint density at radius 1 is 0.967 bits per heavy atom. The van der Waals surface area contributed by atoms with E-state index in [4.69, 9.17) is 9.47 Å². The number of benzene rings is 2. The number of likely N-dealkylation sites (tertiary alicyclic amines) is 1. The van der Waals surface area contributed by atoms with E-state index in [-0.39, 0.29) is 24.0 Å². The molecule has 1 unspecified atom stereocenters. The fourth-order valence-electron chi connectivity index (χ4n) is 4.17. The van der Waals surface area contributed by atoms with Crippen molar-refractivity contribution in [2.75, 3.05) is 31.6 Å². The van der Waals surface area contributed by atoms with Crippen molar-refractivity contribution in [1.29, 1.82) is 0 Å². The third-order valence-electron chi connectivity index (χ3n) is 6.00. The van der Waals surface area contributed by atoms with Gasteiger partial charge in [-0.1, -0.05) is 42.5 Å². The first kappa shape index (κ1) is 20.7. The summed E-state index contributed by atoms with van der Waals surface area (Å²) in [5.74, 6) is 0.190. The second kappa shape index (κ2) is 9.51. The van der Waals surface area contributed by atoms with Crippen LogP contribution in [0.2, 0.25) is 0 Å². The van der Waals surface area contributed by atoms with E-state index in [0.717, 1.165) is 25.9 Å². The minimum Gasteiger partial charge on any atom is -0.350 e. The highest BCUT2D eigenvalue weighted by Gasteiger charge is 2.33. The third-order valence-corrected chi connectivity index (χ3v) is 6.00. The highest BCUT2D eigenvalue weighted by molar-refractivity contribution is 6.14. The fraction of sp³-hybridized carbons (Fsp3) is 0.417. The summed E-state index contributed by atoms with van der Waals surface area (Å²) in [6.45, 7) is 4.91. The highest BCUT2D eigenvalue weighted by Crippen LogP contribution is 2.27. The first-order chi connectivity index (χ1) is 14.6. The van der Waals surface area contributed by atoms with Gasteiger partial charge in [0.25, 0.3) is 0 Å². The second-order valence-corrected chi connectivity index (χ2v) is 7.89. The van der Waals surface area contributed by atoms with Crippen LogP contribution in [0.5, 0.6) is 0 Å². The lowest BCUT2D eigenvalue weighted by molar-refractivity contribution is -0.123. The molecular weight excluding hydrogens is 380 g/mol. The highest BCUT2D eigenvalue weighted by atomic mass is 16.7. The van der Waals surface area contributed by atoms with Crippen molar-refractivity contribution in [3.05, 3.63) is 65.7 Å². The summed E-state index contributed by atoms with van der Waals surface area (Å²) in [5, 5.41) is 2.97. The van der Waals surface area contributed by atoms with Crippen molar-refractivity contribution in [1.82, 2.24) is 4.90 Å². The van der Waals surface area contributed by atoms with E-state index in [2.05, 4.69) is 10.2 Å². The molecule has 2 aliphatic heterocycles. The smallest absolute Gasteiger partial charge is 0.241 e. The molecule has 2 aliphatic rings. The largest absolute Gasteiger partial charge is 0.350 e. The van der Waals surface area contributed by atoms with Crippen LogP contribution in [0.4, 0.5) is 5.69 Å². The summed E-state index contributed by atoms with van der Waals surface area (Å²) in [7, 11) is 0. The zero-order valence-corrected chi connectivity index (χ0v) is 17.3. The number of nitrogens with zero attached hydrogens (tertiary/aromatic N) is 1. The van der Waals surface area contributed by atoms with Crippen LogP contribution in [0, 0.1) is 5.92 Å². The molecule has 0 aliphatic carbocycles. The van der Waals surface area contributed by atoms with Crippen LogP contribution < -0.4 is 5.32 Å². The van der Waals surface area contributed by atoms with E-state index >= 15 is 0 Å². The van der Waals surface area contributed by atoms with Crippen molar-refractivity contribution in [2.24, 2.45) is 5.92 Å². The van der Waals surface area contributed by atoms with Gasteiger partial charge in [0.1, 0.15) is 0 Å². The summed E-state index contributed by atoms with van der Waals surface area (Å²) < 4.78 is 11.3. The molecule has 2 saturated heterocycles. The Kier molecular flexibility index (Phi) is 6.57. The van der Waals surface area contributed by atoms with Crippen molar-refractivity contribution < 1.29 is 19.1 Å². The van der Waals surface area contributed by atoms with Crippen LogP contribution in [0.15, 0.2) is 54.6 Å².